The SMILES string of the molecule is CNC(CN(CCOC)C(C)C)c1cccc(C)c1. The van der Waals surface area contributed by atoms with Gasteiger partial charge < -0.3 is 10.1 Å². The van der Waals surface area contributed by atoms with Gasteiger partial charge in [0.15, 0.2) is 0 Å². The van der Waals surface area contributed by atoms with Crippen molar-refractivity contribution in [1.82, 2.24) is 10.2 Å². The highest BCUT2D eigenvalue weighted by Gasteiger charge is 2.16. The Labute approximate surface area is 118 Å². The van der Waals surface area contributed by atoms with Gasteiger partial charge in [-0.1, -0.05) is 29.8 Å². The van der Waals surface area contributed by atoms with Crippen molar-refractivity contribution in [2.75, 3.05) is 33.9 Å². The Hall–Kier alpha value is -0.900. The lowest BCUT2D eigenvalue weighted by molar-refractivity contribution is 0.122. The van der Waals surface area contributed by atoms with Crippen LogP contribution in [0.25, 0.3) is 0 Å². The third kappa shape index (κ3) is 5.31. The molecule has 0 fully saturated rings. The molecule has 0 amide bonds. The van der Waals surface area contributed by atoms with Crippen molar-refractivity contribution in [3.05, 3.63) is 35.4 Å². The van der Waals surface area contributed by atoms with Crippen molar-refractivity contribution < 1.29 is 4.74 Å². The quantitative estimate of drug-likeness (QED) is 0.781. The van der Waals surface area contributed by atoms with Gasteiger partial charge in [-0.15, -0.1) is 0 Å². The largest absolute Gasteiger partial charge is 0.383 e. The Kier molecular flexibility index (Phi) is 7.06. The van der Waals surface area contributed by atoms with E-state index in [2.05, 4.69) is 55.3 Å². The van der Waals surface area contributed by atoms with Gasteiger partial charge in [-0.25, -0.2) is 0 Å². The molecule has 0 bridgehead atoms. The second-order valence-corrected chi connectivity index (χ2v) is 5.34. The fourth-order valence-electron chi connectivity index (χ4n) is 2.25. The second kappa shape index (κ2) is 8.31. The Morgan fingerprint density at radius 2 is 2.05 bits per heavy atom. The van der Waals surface area contributed by atoms with Crippen LogP contribution in [-0.4, -0.2) is 44.8 Å². The molecule has 3 heteroatoms. The Bertz CT molecular complexity index is 366. The van der Waals surface area contributed by atoms with Crippen LogP contribution in [0, 0.1) is 6.92 Å². The van der Waals surface area contributed by atoms with Crippen molar-refractivity contribution in [3.8, 4) is 0 Å². The highest BCUT2D eigenvalue weighted by Crippen LogP contribution is 2.16. The zero-order chi connectivity index (χ0) is 14.3. The van der Waals surface area contributed by atoms with Crippen LogP contribution < -0.4 is 5.32 Å². The summed E-state index contributed by atoms with van der Waals surface area (Å²) in [5.41, 5.74) is 2.66. The minimum atomic E-state index is 0.360. The maximum absolute atomic E-state index is 5.20. The topological polar surface area (TPSA) is 24.5 Å². The molecule has 1 atom stereocenters. The molecule has 0 aliphatic rings. The monoisotopic (exact) mass is 264 g/mol. The van der Waals surface area contributed by atoms with E-state index in [0.29, 0.717) is 12.1 Å². The fraction of sp³-hybridized carbons (Fsp3) is 0.625. The maximum atomic E-state index is 5.20. The normalized spacial score (nSPS) is 13.2. The minimum Gasteiger partial charge on any atom is -0.383 e. The number of hydrogen-bond donors (Lipinski definition) is 1. The van der Waals surface area contributed by atoms with Gasteiger partial charge >= 0.3 is 0 Å². The van der Waals surface area contributed by atoms with Crippen LogP contribution in [0.4, 0.5) is 0 Å². The fourth-order valence-corrected chi connectivity index (χ4v) is 2.25. The Balaban J connectivity index is 2.73. The lowest BCUT2D eigenvalue weighted by Gasteiger charge is -2.30. The molecule has 0 aliphatic heterocycles. The molecule has 0 saturated heterocycles. The third-order valence-corrected chi connectivity index (χ3v) is 3.52. The summed E-state index contributed by atoms with van der Waals surface area (Å²) in [7, 11) is 3.79. The molecule has 0 radical (unpaired) electrons. The second-order valence-electron chi connectivity index (χ2n) is 5.34. The van der Waals surface area contributed by atoms with Crippen LogP contribution in [0.3, 0.4) is 0 Å². The molecule has 1 N–H and O–H groups in total. The first-order chi connectivity index (χ1) is 9.08. The number of methoxy groups -OCH3 is 1. The number of likely N-dealkylation sites (N-methyl/N-ethyl adjacent to an activating group) is 1. The summed E-state index contributed by atoms with van der Waals surface area (Å²) >= 11 is 0. The molecule has 108 valence electrons. The summed E-state index contributed by atoms with van der Waals surface area (Å²) in [6.45, 7) is 9.36. The summed E-state index contributed by atoms with van der Waals surface area (Å²) in [6, 6.07) is 9.61. The number of benzene rings is 1. The maximum Gasteiger partial charge on any atom is 0.0589 e. The van der Waals surface area contributed by atoms with Gasteiger partial charge in [0.05, 0.1) is 6.61 Å². The van der Waals surface area contributed by atoms with Gasteiger partial charge in [0.1, 0.15) is 0 Å². The zero-order valence-corrected chi connectivity index (χ0v) is 12.9. The smallest absolute Gasteiger partial charge is 0.0589 e. The summed E-state index contributed by atoms with van der Waals surface area (Å²) in [4.78, 5) is 2.45. The number of nitrogens with one attached hydrogen (secondary N) is 1. The predicted octanol–water partition coefficient (Wildman–Crippen LogP) is 2.61. The highest BCUT2D eigenvalue weighted by atomic mass is 16.5. The van der Waals surface area contributed by atoms with Crippen molar-refractivity contribution >= 4 is 0 Å². The van der Waals surface area contributed by atoms with Crippen molar-refractivity contribution in [1.29, 1.82) is 0 Å². The molecule has 0 aliphatic carbocycles. The lowest BCUT2D eigenvalue weighted by Crippen LogP contribution is -2.40. The lowest BCUT2D eigenvalue weighted by atomic mass is 10.0. The standard InChI is InChI=1S/C16H28N2O/c1-13(2)18(9-10-19-5)12-16(17-4)15-8-6-7-14(3)11-15/h6-8,11,13,16-17H,9-10,12H2,1-5H3. The van der Waals surface area contributed by atoms with Gasteiger partial charge in [0.2, 0.25) is 0 Å². The first-order valence-electron chi connectivity index (χ1n) is 7.05. The van der Waals surface area contributed by atoms with E-state index < -0.39 is 0 Å². The van der Waals surface area contributed by atoms with Crippen LogP contribution in [0.2, 0.25) is 0 Å². The van der Waals surface area contributed by atoms with Gasteiger partial charge in [-0.3, -0.25) is 4.90 Å². The van der Waals surface area contributed by atoms with Crippen LogP contribution >= 0.6 is 0 Å². The minimum absolute atomic E-state index is 0.360. The van der Waals surface area contributed by atoms with Gasteiger partial charge in [-0.2, -0.15) is 0 Å². The summed E-state index contributed by atoms with van der Waals surface area (Å²) in [6.07, 6.45) is 0. The van der Waals surface area contributed by atoms with E-state index in [4.69, 9.17) is 4.74 Å². The van der Waals surface area contributed by atoms with Crippen molar-refractivity contribution in [3.63, 3.8) is 0 Å². The molecule has 19 heavy (non-hydrogen) atoms. The third-order valence-electron chi connectivity index (χ3n) is 3.52. The molecule has 1 aromatic rings. The number of rotatable bonds is 8. The molecule has 1 aromatic carbocycles. The number of hydrogen-bond acceptors (Lipinski definition) is 3. The molecule has 3 nitrogen and oxygen atoms in total. The Morgan fingerprint density at radius 1 is 1.32 bits per heavy atom. The first-order valence-corrected chi connectivity index (χ1v) is 7.05. The molecule has 0 aromatic heterocycles. The molecule has 1 unspecified atom stereocenters. The predicted molar refractivity (Wildman–Crippen MR) is 81.6 cm³/mol. The highest BCUT2D eigenvalue weighted by molar-refractivity contribution is 5.25. The molecular formula is C16H28N2O. The van der Waals surface area contributed by atoms with E-state index in [1.54, 1.807) is 7.11 Å². The first kappa shape index (κ1) is 16.2. The summed E-state index contributed by atoms with van der Waals surface area (Å²) in [5, 5.41) is 3.42. The number of aryl methyl sites for hydroxylation is 1. The van der Waals surface area contributed by atoms with E-state index in [9.17, 15) is 0 Å². The van der Waals surface area contributed by atoms with Gasteiger partial charge in [-0.05, 0) is 33.4 Å². The average Bonchev–Trinajstić information content (AvgIpc) is 2.38. The van der Waals surface area contributed by atoms with Crippen LogP contribution in [-0.2, 0) is 4.74 Å². The van der Waals surface area contributed by atoms with Crippen LogP contribution in [0.1, 0.15) is 31.0 Å². The van der Waals surface area contributed by atoms with E-state index >= 15 is 0 Å². The average molecular weight is 264 g/mol. The van der Waals surface area contributed by atoms with E-state index in [1.165, 1.54) is 11.1 Å². The van der Waals surface area contributed by atoms with Crippen molar-refractivity contribution in [2.45, 2.75) is 32.9 Å². The number of nitrogens with zero attached hydrogens (tertiary/aromatic N) is 1. The summed E-state index contributed by atoms with van der Waals surface area (Å²) in [5.74, 6) is 0. The molecule has 0 heterocycles. The summed E-state index contributed by atoms with van der Waals surface area (Å²) < 4.78 is 5.20. The zero-order valence-electron chi connectivity index (χ0n) is 12.9. The van der Waals surface area contributed by atoms with E-state index in [-0.39, 0.29) is 0 Å². The van der Waals surface area contributed by atoms with Gasteiger partial charge in [0, 0.05) is 32.3 Å². The van der Waals surface area contributed by atoms with Gasteiger partial charge in [0.25, 0.3) is 0 Å². The van der Waals surface area contributed by atoms with Crippen LogP contribution in [0.15, 0.2) is 24.3 Å². The van der Waals surface area contributed by atoms with E-state index in [1.807, 2.05) is 7.05 Å². The van der Waals surface area contributed by atoms with Crippen LogP contribution in [0.5, 0.6) is 0 Å². The van der Waals surface area contributed by atoms with Crippen molar-refractivity contribution in [2.24, 2.45) is 0 Å². The Morgan fingerprint density at radius 3 is 2.58 bits per heavy atom. The molecule has 0 saturated carbocycles. The molecular weight excluding hydrogens is 236 g/mol. The van der Waals surface area contributed by atoms with E-state index in [0.717, 1.165) is 19.7 Å². The number of ether oxygens (including phenoxy) is 1. The molecule has 0 spiro atoms. The molecule has 1 rings (SSSR count).